The highest BCUT2D eigenvalue weighted by Gasteiger charge is 2.33. The van der Waals surface area contributed by atoms with Gasteiger partial charge in [0.2, 0.25) is 0 Å². The summed E-state index contributed by atoms with van der Waals surface area (Å²) in [6, 6.07) is 3.68. The zero-order valence-electron chi connectivity index (χ0n) is 15.6. The summed E-state index contributed by atoms with van der Waals surface area (Å²) in [7, 11) is 0. The van der Waals surface area contributed by atoms with Gasteiger partial charge in [0.15, 0.2) is 5.95 Å². The third-order valence-corrected chi connectivity index (χ3v) is 4.88. The van der Waals surface area contributed by atoms with Crippen molar-refractivity contribution < 1.29 is 22.7 Å². The van der Waals surface area contributed by atoms with Gasteiger partial charge in [0.1, 0.15) is 0 Å². The van der Waals surface area contributed by atoms with Crippen LogP contribution in [0.5, 0.6) is 0 Å². The molecule has 1 aromatic heterocycles. The minimum atomic E-state index is -4.45. The number of hydrogen-bond donors (Lipinski definition) is 1. The Kier molecular flexibility index (Phi) is 5.81. The van der Waals surface area contributed by atoms with E-state index in [0.717, 1.165) is 12.1 Å². The number of imidazole rings is 1. The van der Waals surface area contributed by atoms with E-state index in [0.29, 0.717) is 43.7 Å². The lowest BCUT2D eigenvalue weighted by molar-refractivity contribution is -0.148. The molecule has 3 rings (SSSR count). The van der Waals surface area contributed by atoms with E-state index in [1.807, 2.05) is 4.90 Å². The van der Waals surface area contributed by atoms with Gasteiger partial charge in [-0.15, -0.1) is 0 Å². The molecule has 1 fully saturated rings. The van der Waals surface area contributed by atoms with Crippen LogP contribution in [0, 0.1) is 5.92 Å². The number of ether oxygens (including phenoxy) is 1. The second kappa shape index (κ2) is 8.12. The van der Waals surface area contributed by atoms with Crippen LogP contribution in [0.2, 0.25) is 0 Å². The van der Waals surface area contributed by atoms with E-state index in [1.165, 1.54) is 12.3 Å². The van der Waals surface area contributed by atoms with Gasteiger partial charge in [-0.3, -0.25) is 4.79 Å². The Bertz CT molecular complexity index is 835. The van der Waals surface area contributed by atoms with E-state index in [9.17, 15) is 18.0 Å². The number of aromatic nitrogens is 2. The zero-order chi connectivity index (χ0) is 20.3. The number of benzene rings is 1. The molecule has 0 saturated carbocycles. The van der Waals surface area contributed by atoms with Crippen molar-refractivity contribution in [1.82, 2.24) is 9.55 Å². The van der Waals surface area contributed by atoms with Gasteiger partial charge in [0.05, 0.1) is 24.6 Å². The number of anilines is 2. The fourth-order valence-electron chi connectivity index (χ4n) is 3.47. The predicted molar refractivity (Wildman–Crippen MR) is 98.8 cm³/mol. The Balaban J connectivity index is 1.93. The van der Waals surface area contributed by atoms with E-state index < -0.39 is 11.7 Å². The van der Waals surface area contributed by atoms with Crippen LogP contribution in [-0.4, -0.2) is 35.2 Å². The molecular weight excluding hydrogens is 373 g/mol. The third-order valence-electron chi connectivity index (χ3n) is 4.88. The van der Waals surface area contributed by atoms with Crippen LogP contribution < -0.4 is 10.6 Å². The molecule has 0 radical (unpaired) electrons. The monoisotopic (exact) mass is 396 g/mol. The summed E-state index contributed by atoms with van der Waals surface area (Å²) in [6.07, 6.45) is 0.132. The minimum Gasteiger partial charge on any atom is -0.466 e. The first-order valence-corrected chi connectivity index (χ1v) is 9.18. The summed E-state index contributed by atoms with van der Waals surface area (Å²) in [5, 5.41) is 0. The van der Waals surface area contributed by atoms with Gasteiger partial charge in [-0.25, -0.2) is 4.98 Å². The molecule has 152 valence electrons. The van der Waals surface area contributed by atoms with Gasteiger partial charge in [-0.1, -0.05) is 6.07 Å². The van der Waals surface area contributed by atoms with Gasteiger partial charge in [0.25, 0.3) is 0 Å². The number of carbonyl (C=O) groups excluding carboxylic acids is 1. The van der Waals surface area contributed by atoms with Crippen LogP contribution in [-0.2, 0) is 22.3 Å². The first kappa shape index (κ1) is 20.0. The molecule has 1 aliphatic rings. The Morgan fingerprint density at radius 3 is 2.82 bits per heavy atom. The number of halogens is 3. The second-order valence-corrected chi connectivity index (χ2v) is 6.79. The number of nitrogen functional groups attached to an aromatic ring is 1. The standard InChI is InChI=1S/C19H23F3N4O2/c1-2-28-17(27)14-4-3-8-25(12-14)16-10-15(19(20,21)22)6-5-13(16)11-26-9-7-24-18(26)23/h5-7,9-10,14H,2-4,8,11-12H2,1H3,(H2,23,24)/t14-/m0/s1. The molecule has 6 nitrogen and oxygen atoms in total. The van der Waals surface area contributed by atoms with Gasteiger partial charge in [-0.2, -0.15) is 13.2 Å². The number of nitrogens with two attached hydrogens (primary N) is 1. The second-order valence-electron chi connectivity index (χ2n) is 6.79. The molecule has 28 heavy (non-hydrogen) atoms. The number of piperidine rings is 1. The van der Waals surface area contributed by atoms with Crippen LogP contribution in [0.15, 0.2) is 30.6 Å². The number of alkyl halides is 3. The lowest BCUT2D eigenvalue weighted by atomic mass is 9.96. The molecule has 2 heterocycles. The molecule has 1 aromatic carbocycles. The number of nitrogens with zero attached hydrogens (tertiary/aromatic N) is 3. The summed E-state index contributed by atoms with van der Waals surface area (Å²) in [6.45, 7) is 3.21. The van der Waals surface area contributed by atoms with Gasteiger partial charge >= 0.3 is 12.1 Å². The van der Waals surface area contributed by atoms with Crippen molar-refractivity contribution in [3.8, 4) is 0 Å². The summed E-state index contributed by atoms with van der Waals surface area (Å²) in [5.74, 6) is -0.372. The lowest BCUT2D eigenvalue weighted by Crippen LogP contribution is -2.40. The fourth-order valence-corrected chi connectivity index (χ4v) is 3.47. The van der Waals surface area contributed by atoms with Crippen LogP contribution in [0.4, 0.5) is 24.8 Å². The van der Waals surface area contributed by atoms with Crippen molar-refractivity contribution in [1.29, 1.82) is 0 Å². The maximum absolute atomic E-state index is 13.3. The molecule has 0 amide bonds. The maximum Gasteiger partial charge on any atom is 0.416 e. The summed E-state index contributed by atoms with van der Waals surface area (Å²) in [5.41, 5.74) is 6.23. The molecular formula is C19H23F3N4O2. The maximum atomic E-state index is 13.3. The third kappa shape index (κ3) is 4.40. The smallest absolute Gasteiger partial charge is 0.416 e. The largest absolute Gasteiger partial charge is 0.466 e. The lowest BCUT2D eigenvalue weighted by Gasteiger charge is -2.35. The summed E-state index contributed by atoms with van der Waals surface area (Å²) in [4.78, 5) is 17.9. The molecule has 2 N–H and O–H groups in total. The molecule has 0 bridgehead atoms. The molecule has 9 heteroatoms. The molecule has 1 aliphatic heterocycles. The highest BCUT2D eigenvalue weighted by Crippen LogP contribution is 2.35. The molecule has 0 unspecified atom stereocenters. The van der Waals surface area contributed by atoms with Gasteiger partial charge < -0.3 is 19.9 Å². The van der Waals surface area contributed by atoms with E-state index in [1.54, 1.807) is 17.7 Å². The number of esters is 1. The van der Waals surface area contributed by atoms with Crippen molar-refractivity contribution in [2.45, 2.75) is 32.5 Å². The van der Waals surface area contributed by atoms with Crippen molar-refractivity contribution in [3.63, 3.8) is 0 Å². The van der Waals surface area contributed by atoms with Crippen molar-refractivity contribution in [3.05, 3.63) is 41.7 Å². The average Bonchev–Trinajstić information content (AvgIpc) is 3.06. The SMILES string of the molecule is CCOC(=O)[C@H]1CCCN(c2cc(C(F)(F)F)ccc2Cn2ccnc2N)C1. The van der Waals surface area contributed by atoms with Crippen molar-refractivity contribution >= 4 is 17.6 Å². The van der Waals surface area contributed by atoms with Crippen LogP contribution in [0.25, 0.3) is 0 Å². The molecule has 0 aliphatic carbocycles. The van der Waals surface area contributed by atoms with Crippen LogP contribution in [0.1, 0.15) is 30.9 Å². The van der Waals surface area contributed by atoms with E-state index in [4.69, 9.17) is 10.5 Å². The van der Waals surface area contributed by atoms with Crippen LogP contribution in [0.3, 0.4) is 0 Å². The highest BCUT2D eigenvalue weighted by atomic mass is 19.4. The first-order chi connectivity index (χ1) is 13.3. The van der Waals surface area contributed by atoms with E-state index in [-0.39, 0.29) is 24.4 Å². The average molecular weight is 396 g/mol. The zero-order valence-corrected chi connectivity index (χ0v) is 15.6. The normalized spacial score (nSPS) is 17.6. The molecule has 1 atom stereocenters. The fraction of sp³-hybridized carbons (Fsp3) is 0.474. The van der Waals surface area contributed by atoms with Crippen molar-refractivity contribution in [2.75, 3.05) is 30.3 Å². The van der Waals surface area contributed by atoms with E-state index >= 15 is 0 Å². The van der Waals surface area contributed by atoms with Crippen molar-refractivity contribution in [2.24, 2.45) is 5.92 Å². The number of rotatable bonds is 5. The van der Waals surface area contributed by atoms with E-state index in [2.05, 4.69) is 4.98 Å². The Morgan fingerprint density at radius 1 is 1.39 bits per heavy atom. The van der Waals surface area contributed by atoms with Gasteiger partial charge in [0, 0.05) is 31.2 Å². The Hall–Kier alpha value is -2.71. The quantitative estimate of drug-likeness (QED) is 0.785. The number of carbonyl (C=O) groups is 1. The molecule has 0 spiro atoms. The number of hydrogen-bond acceptors (Lipinski definition) is 5. The highest BCUT2D eigenvalue weighted by molar-refractivity contribution is 5.74. The summed E-state index contributed by atoms with van der Waals surface area (Å²) < 4.78 is 46.6. The van der Waals surface area contributed by atoms with Crippen LogP contribution >= 0.6 is 0 Å². The summed E-state index contributed by atoms with van der Waals surface area (Å²) >= 11 is 0. The minimum absolute atomic E-state index is 0.282. The Labute approximate surface area is 161 Å². The predicted octanol–water partition coefficient (Wildman–Crippen LogP) is 3.31. The first-order valence-electron chi connectivity index (χ1n) is 9.18. The van der Waals surface area contributed by atoms with Gasteiger partial charge in [-0.05, 0) is 37.5 Å². The molecule has 2 aromatic rings. The molecule has 1 saturated heterocycles. The topological polar surface area (TPSA) is 73.4 Å². The Morgan fingerprint density at radius 2 is 2.18 bits per heavy atom.